The molecule has 12 nitrogen and oxygen atoms in total. The van der Waals surface area contributed by atoms with Crippen molar-refractivity contribution in [2.45, 2.75) is 25.7 Å². The van der Waals surface area contributed by atoms with Crippen molar-refractivity contribution in [2.75, 3.05) is 25.9 Å². The number of amides is 1. The van der Waals surface area contributed by atoms with Gasteiger partial charge in [-0.2, -0.15) is 9.61 Å². The van der Waals surface area contributed by atoms with Gasteiger partial charge in [0.05, 0.1) is 30.3 Å². The van der Waals surface area contributed by atoms with E-state index in [0.717, 1.165) is 5.56 Å². The number of anilines is 1. The van der Waals surface area contributed by atoms with Gasteiger partial charge < -0.3 is 20.4 Å². The predicted octanol–water partition coefficient (Wildman–Crippen LogP) is 3.53. The van der Waals surface area contributed by atoms with Crippen molar-refractivity contribution in [2.24, 2.45) is 0 Å². The molecule has 0 radical (unpaired) electrons. The molecule has 0 unspecified atom stereocenters. The number of carbonyl (C=O) groups is 2. The van der Waals surface area contributed by atoms with E-state index in [9.17, 15) is 14.0 Å². The average Bonchev–Trinajstić information content (AvgIpc) is 3.68. The number of methoxy groups -OCH3 is 1. The lowest BCUT2D eigenvalue weighted by atomic mass is 9.89. The van der Waals surface area contributed by atoms with Gasteiger partial charge in [-0.25, -0.2) is 9.37 Å². The molecule has 5 heterocycles. The van der Waals surface area contributed by atoms with Crippen LogP contribution in [0.4, 0.5) is 10.2 Å². The Hall–Kier alpha value is -5.20. The minimum Gasteiger partial charge on any atom is -0.494 e. The lowest BCUT2D eigenvalue weighted by Gasteiger charge is -2.32. The Balaban J connectivity index is 1.32. The number of nitrogens with two attached hydrogens (primary N) is 1. The third-order valence-electron chi connectivity index (χ3n) is 7.37. The van der Waals surface area contributed by atoms with Crippen LogP contribution < -0.4 is 10.5 Å². The molecule has 0 saturated carbocycles. The first-order valence-corrected chi connectivity index (χ1v) is 13.0. The van der Waals surface area contributed by atoms with Gasteiger partial charge in [0.1, 0.15) is 12.1 Å². The third-order valence-corrected chi connectivity index (χ3v) is 7.37. The number of hydrogen-bond acceptors (Lipinski definition) is 9. The molecule has 1 saturated heterocycles. The molecule has 5 aromatic rings. The maximum absolute atomic E-state index is 14.2. The molecule has 0 aliphatic carbocycles. The Morgan fingerprint density at radius 1 is 1.12 bits per heavy atom. The van der Waals surface area contributed by atoms with Crippen LogP contribution in [0, 0.1) is 5.82 Å². The SMILES string of the molecule is COc1ccc(-c2ccc(-c3cnn4c(N)c(C(C)=O)c(C5CCN(C(=O)c6nnc[nH]6)CC5)nc34)cn2)cc1F. The summed E-state index contributed by atoms with van der Waals surface area (Å²) in [6, 6.07) is 8.31. The van der Waals surface area contributed by atoms with E-state index >= 15 is 0 Å². The van der Waals surface area contributed by atoms with Gasteiger partial charge in [-0.15, -0.1) is 10.2 Å². The number of ketones is 1. The molecule has 1 amide bonds. The molecule has 0 atom stereocenters. The molecular weight excluding hydrogens is 529 g/mol. The second-order valence-electron chi connectivity index (χ2n) is 9.79. The molecular formula is C28H26FN9O3. The van der Waals surface area contributed by atoms with Gasteiger partial charge in [0.15, 0.2) is 23.0 Å². The van der Waals surface area contributed by atoms with Crippen molar-refractivity contribution < 1.29 is 18.7 Å². The second kappa shape index (κ2) is 10.4. The molecule has 1 aliphatic rings. The topological polar surface area (TPSA) is 157 Å². The summed E-state index contributed by atoms with van der Waals surface area (Å²) in [5.41, 5.74) is 10.5. The average molecular weight is 556 g/mol. The van der Waals surface area contributed by atoms with Gasteiger partial charge in [0, 0.05) is 41.9 Å². The van der Waals surface area contributed by atoms with E-state index in [0.29, 0.717) is 59.7 Å². The van der Waals surface area contributed by atoms with Gasteiger partial charge in [-0.3, -0.25) is 14.6 Å². The summed E-state index contributed by atoms with van der Waals surface area (Å²) >= 11 is 0. The molecule has 1 fully saturated rings. The Bertz CT molecular complexity index is 1760. The van der Waals surface area contributed by atoms with Crippen LogP contribution in [0.1, 0.15) is 52.4 Å². The van der Waals surface area contributed by atoms with Gasteiger partial charge >= 0.3 is 0 Å². The van der Waals surface area contributed by atoms with Crippen molar-refractivity contribution >= 4 is 23.2 Å². The molecule has 0 spiro atoms. The maximum atomic E-state index is 14.2. The van der Waals surface area contributed by atoms with E-state index < -0.39 is 5.82 Å². The lowest BCUT2D eigenvalue weighted by molar-refractivity contribution is 0.0699. The number of ether oxygens (including phenoxy) is 1. The first-order valence-electron chi connectivity index (χ1n) is 13.0. The van der Waals surface area contributed by atoms with Crippen LogP contribution in [0.3, 0.4) is 0 Å². The Morgan fingerprint density at radius 3 is 2.54 bits per heavy atom. The molecule has 1 aliphatic heterocycles. The number of nitrogens with zero attached hydrogens (tertiary/aromatic N) is 7. The van der Waals surface area contributed by atoms with Gasteiger partial charge in [0.2, 0.25) is 5.82 Å². The molecule has 4 aromatic heterocycles. The van der Waals surface area contributed by atoms with Crippen molar-refractivity contribution in [3.63, 3.8) is 0 Å². The molecule has 0 bridgehead atoms. The molecule has 41 heavy (non-hydrogen) atoms. The van der Waals surface area contributed by atoms with Crippen molar-refractivity contribution in [3.8, 4) is 28.1 Å². The van der Waals surface area contributed by atoms with E-state index in [2.05, 4.69) is 25.3 Å². The number of carbonyl (C=O) groups excluding carboxylic acids is 2. The number of likely N-dealkylation sites (tertiary alicyclic amines) is 1. The summed E-state index contributed by atoms with van der Waals surface area (Å²) < 4.78 is 20.7. The number of Topliss-reactive ketones (excluding diaryl/α,β-unsaturated/α-hetero) is 1. The van der Waals surface area contributed by atoms with Crippen molar-refractivity contribution in [1.29, 1.82) is 0 Å². The van der Waals surface area contributed by atoms with Gasteiger partial charge in [-0.05, 0) is 44.0 Å². The fourth-order valence-electron chi connectivity index (χ4n) is 5.26. The Morgan fingerprint density at radius 2 is 1.90 bits per heavy atom. The van der Waals surface area contributed by atoms with Gasteiger partial charge in [-0.1, -0.05) is 6.07 Å². The second-order valence-corrected chi connectivity index (χ2v) is 9.79. The number of benzene rings is 1. The third kappa shape index (κ3) is 4.64. The normalized spacial score (nSPS) is 14.0. The van der Waals surface area contributed by atoms with Crippen molar-refractivity contribution in [3.05, 3.63) is 72.0 Å². The Labute approximate surface area is 233 Å². The molecule has 208 valence electrons. The zero-order valence-corrected chi connectivity index (χ0v) is 22.3. The quantitative estimate of drug-likeness (QED) is 0.299. The first kappa shape index (κ1) is 26.0. The number of rotatable bonds is 6. The zero-order valence-electron chi connectivity index (χ0n) is 22.3. The van der Waals surface area contributed by atoms with Crippen LogP contribution >= 0.6 is 0 Å². The Kier molecular flexibility index (Phi) is 6.61. The van der Waals surface area contributed by atoms with Crippen LogP contribution in [0.5, 0.6) is 5.75 Å². The fourth-order valence-corrected chi connectivity index (χ4v) is 5.26. The number of H-pyrrole nitrogens is 1. The molecule has 3 N–H and O–H groups in total. The maximum Gasteiger partial charge on any atom is 0.291 e. The number of nitrogen functional groups attached to an aromatic ring is 1. The zero-order chi connectivity index (χ0) is 28.7. The highest BCUT2D eigenvalue weighted by molar-refractivity contribution is 6.00. The fraction of sp³-hybridized carbons (Fsp3) is 0.250. The minimum atomic E-state index is -0.472. The summed E-state index contributed by atoms with van der Waals surface area (Å²) in [5, 5.41) is 11.9. The highest BCUT2D eigenvalue weighted by atomic mass is 19.1. The predicted molar refractivity (Wildman–Crippen MR) is 147 cm³/mol. The number of piperidine rings is 1. The van der Waals surface area contributed by atoms with E-state index in [1.54, 1.807) is 35.5 Å². The van der Waals surface area contributed by atoms with Crippen LogP contribution in [0.15, 0.2) is 49.1 Å². The summed E-state index contributed by atoms with van der Waals surface area (Å²) in [4.78, 5) is 39.3. The number of hydrogen-bond donors (Lipinski definition) is 2. The van der Waals surface area contributed by atoms with Crippen LogP contribution in [0.2, 0.25) is 0 Å². The number of aromatic nitrogens is 7. The van der Waals surface area contributed by atoms with Crippen LogP contribution in [-0.2, 0) is 0 Å². The minimum absolute atomic E-state index is 0.0896. The molecule has 13 heteroatoms. The summed E-state index contributed by atoms with van der Waals surface area (Å²) in [5.74, 6) is -0.426. The van der Waals surface area contributed by atoms with Crippen molar-refractivity contribution in [1.82, 2.24) is 39.7 Å². The van der Waals surface area contributed by atoms with Gasteiger partial charge in [0.25, 0.3) is 5.91 Å². The summed E-state index contributed by atoms with van der Waals surface area (Å²) in [6.45, 7) is 2.40. The summed E-state index contributed by atoms with van der Waals surface area (Å²) in [7, 11) is 1.41. The number of nitrogens with one attached hydrogen (secondary N) is 1. The van der Waals surface area contributed by atoms with E-state index in [4.69, 9.17) is 15.5 Å². The summed E-state index contributed by atoms with van der Waals surface area (Å²) in [6.07, 6.45) is 5.86. The number of fused-ring (bicyclic) bond motifs is 1. The largest absolute Gasteiger partial charge is 0.494 e. The van der Waals surface area contributed by atoms with E-state index in [1.807, 2.05) is 6.07 Å². The highest BCUT2D eigenvalue weighted by Crippen LogP contribution is 2.35. The van der Waals surface area contributed by atoms with E-state index in [1.165, 1.54) is 30.9 Å². The molecule has 1 aromatic carbocycles. The number of aromatic amines is 1. The monoisotopic (exact) mass is 555 g/mol. The highest BCUT2D eigenvalue weighted by Gasteiger charge is 2.31. The molecule has 6 rings (SSSR count). The standard InChI is InChI=1S/C28H26FN9O3/c1-15(39)23-24(16-7-9-37(10-8-16)28(40)26-32-14-33-36-26)35-27-19(13-34-38(27)25(23)30)18-3-5-21(31-12-18)17-4-6-22(41-2)20(29)11-17/h3-6,11-14,16H,7-10,30H2,1-2H3,(H,32,33,36). The lowest BCUT2D eigenvalue weighted by Crippen LogP contribution is -2.39. The number of halogens is 1. The smallest absolute Gasteiger partial charge is 0.291 e. The van der Waals surface area contributed by atoms with Crippen LogP contribution in [-0.4, -0.2) is 71.6 Å². The van der Waals surface area contributed by atoms with Crippen LogP contribution in [0.25, 0.3) is 28.0 Å². The number of pyridine rings is 1. The van der Waals surface area contributed by atoms with E-state index in [-0.39, 0.29) is 35.0 Å². The first-order chi connectivity index (χ1) is 19.9.